The number of aryl methyl sites for hydroxylation is 1. The quantitative estimate of drug-likeness (QED) is 0.614. The van der Waals surface area contributed by atoms with E-state index in [1.807, 2.05) is 6.07 Å². The summed E-state index contributed by atoms with van der Waals surface area (Å²) < 4.78 is 46.7. The maximum atomic E-state index is 13.8. The summed E-state index contributed by atoms with van der Waals surface area (Å²) in [5, 5.41) is 18.7. The summed E-state index contributed by atoms with van der Waals surface area (Å²) in [6.07, 6.45) is -1.02. The van der Waals surface area contributed by atoms with Gasteiger partial charge in [0.15, 0.2) is 5.11 Å². The third kappa shape index (κ3) is 3.74. The molecular weight excluding hydrogens is 479 g/mol. The fraction of sp³-hybridized carbons (Fsp3) is 0.400. The largest absolute Gasteiger partial charge is 0.488 e. The number of halogens is 3. The number of carbonyl (C=O) groups excluding carboxylic acids is 1. The highest BCUT2D eigenvalue weighted by Crippen LogP contribution is 2.47. The molecule has 2 aliphatic heterocycles. The van der Waals surface area contributed by atoms with E-state index >= 15 is 0 Å². The van der Waals surface area contributed by atoms with Crippen molar-refractivity contribution in [1.29, 1.82) is 5.26 Å². The minimum Gasteiger partial charge on any atom is -0.488 e. The van der Waals surface area contributed by atoms with Crippen LogP contribution in [0.2, 0.25) is 0 Å². The maximum Gasteiger partial charge on any atom is 0.417 e. The molecule has 1 unspecified atom stereocenters. The Morgan fingerprint density at radius 1 is 1.17 bits per heavy atom. The Morgan fingerprint density at radius 3 is 2.54 bits per heavy atom. The number of hydrogen-bond acceptors (Lipinski definition) is 5. The summed E-state index contributed by atoms with van der Waals surface area (Å²) in [6.45, 7) is -0.0749. The van der Waals surface area contributed by atoms with Gasteiger partial charge in [-0.25, -0.2) is 0 Å². The molecule has 10 heteroatoms. The van der Waals surface area contributed by atoms with Crippen LogP contribution in [-0.4, -0.2) is 34.4 Å². The van der Waals surface area contributed by atoms with Crippen molar-refractivity contribution in [3.63, 3.8) is 0 Å². The maximum absolute atomic E-state index is 13.8. The summed E-state index contributed by atoms with van der Waals surface area (Å²) in [4.78, 5) is 16.8. The summed E-state index contributed by atoms with van der Waals surface area (Å²) in [6, 6.07) is 10.3. The van der Waals surface area contributed by atoms with Crippen molar-refractivity contribution in [3.8, 4) is 11.8 Å². The van der Waals surface area contributed by atoms with E-state index in [1.165, 1.54) is 11.0 Å². The lowest BCUT2D eigenvalue weighted by molar-refractivity contribution is -0.137. The van der Waals surface area contributed by atoms with Crippen molar-refractivity contribution >= 4 is 34.6 Å². The van der Waals surface area contributed by atoms with Crippen molar-refractivity contribution in [2.24, 2.45) is 0 Å². The monoisotopic (exact) mass is 501 g/mol. The first-order chi connectivity index (χ1) is 16.7. The Kier molecular flexibility index (Phi) is 5.73. The van der Waals surface area contributed by atoms with E-state index in [9.17, 15) is 23.1 Å². The van der Waals surface area contributed by atoms with E-state index in [4.69, 9.17) is 22.2 Å². The molecule has 2 heterocycles. The van der Waals surface area contributed by atoms with Gasteiger partial charge < -0.3 is 14.7 Å². The van der Waals surface area contributed by atoms with Gasteiger partial charge in [0, 0.05) is 5.69 Å². The Balaban J connectivity index is 1.58. The van der Waals surface area contributed by atoms with Gasteiger partial charge in [0.2, 0.25) is 0 Å². The number of fused-ring (bicyclic) bond motifs is 1. The molecule has 5 rings (SSSR count). The van der Waals surface area contributed by atoms with Crippen molar-refractivity contribution in [2.75, 3.05) is 16.4 Å². The van der Waals surface area contributed by atoms with Crippen molar-refractivity contribution in [3.05, 3.63) is 53.1 Å². The topological polar surface area (TPSA) is 76.8 Å². The molecule has 0 aromatic heterocycles. The second-order valence-electron chi connectivity index (χ2n) is 9.09. The van der Waals surface area contributed by atoms with Crippen LogP contribution in [0.5, 0.6) is 5.75 Å². The van der Waals surface area contributed by atoms with Crippen LogP contribution in [0.3, 0.4) is 0 Å². The van der Waals surface area contributed by atoms with Gasteiger partial charge in [-0.15, -0.1) is 0 Å². The molecule has 2 aromatic carbocycles. The Labute approximate surface area is 205 Å². The molecule has 1 spiro atoms. The van der Waals surface area contributed by atoms with Crippen molar-refractivity contribution < 1.29 is 27.8 Å². The van der Waals surface area contributed by atoms with Crippen LogP contribution in [0, 0.1) is 11.3 Å². The molecule has 35 heavy (non-hydrogen) atoms. The molecule has 182 valence electrons. The number of carbonyl (C=O) groups is 1. The van der Waals surface area contributed by atoms with Gasteiger partial charge in [0.05, 0.1) is 29.5 Å². The van der Waals surface area contributed by atoms with Gasteiger partial charge in [-0.05, 0) is 79.9 Å². The van der Waals surface area contributed by atoms with E-state index in [-0.39, 0.29) is 29.4 Å². The zero-order chi connectivity index (χ0) is 25.0. The number of amides is 1. The lowest BCUT2D eigenvalue weighted by Gasteiger charge is -2.34. The van der Waals surface area contributed by atoms with Gasteiger partial charge in [-0.3, -0.25) is 9.69 Å². The van der Waals surface area contributed by atoms with Crippen LogP contribution < -0.4 is 14.5 Å². The van der Waals surface area contributed by atoms with E-state index in [1.54, 1.807) is 23.1 Å². The van der Waals surface area contributed by atoms with Crippen molar-refractivity contribution in [1.82, 2.24) is 0 Å². The number of benzene rings is 2. The summed E-state index contributed by atoms with van der Waals surface area (Å²) >= 11 is 5.72. The predicted molar refractivity (Wildman–Crippen MR) is 126 cm³/mol. The van der Waals surface area contributed by atoms with Crippen molar-refractivity contribution in [2.45, 2.75) is 56.3 Å². The molecule has 1 aliphatic carbocycles. The number of hydrogen-bond donors (Lipinski definition) is 1. The first kappa shape index (κ1) is 23.6. The van der Waals surface area contributed by atoms with Gasteiger partial charge >= 0.3 is 6.18 Å². The Bertz CT molecular complexity index is 1250. The molecule has 2 fully saturated rings. The summed E-state index contributed by atoms with van der Waals surface area (Å²) in [5.41, 5.74) is -0.986. The van der Waals surface area contributed by atoms with Crippen LogP contribution in [0.25, 0.3) is 0 Å². The normalized spacial score (nSPS) is 21.3. The fourth-order valence-corrected chi connectivity index (χ4v) is 5.83. The third-order valence-electron chi connectivity index (χ3n) is 7.06. The number of aliphatic hydroxyl groups excluding tert-OH is 1. The molecule has 3 aliphatic rings. The number of anilines is 2. The zero-order valence-electron chi connectivity index (χ0n) is 18.6. The molecule has 2 aromatic rings. The Morgan fingerprint density at radius 2 is 1.89 bits per heavy atom. The molecule has 1 atom stereocenters. The van der Waals surface area contributed by atoms with E-state index in [0.717, 1.165) is 30.5 Å². The molecule has 0 radical (unpaired) electrons. The molecule has 0 bridgehead atoms. The Hall–Kier alpha value is -3.16. The molecular formula is C25H22F3N3O3S. The molecule has 1 N–H and O–H groups in total. The van der Waals surface area contributed by atoms with Gasteiger partial charge in [0.1, 0.15) is 17.4 Å². The fourth-order valence-electron chi connectivity index (χ4n) is 5.36. The van der Waals surface area contributed by atoms with Gasteiger partial charge in [-0.2, -0.15) is 18.4 Å². The van der Waals surface area contributed by atoms with Crippen LogP contribution in [0.15, 0.2) is 36.4 Å². The number of thiocarbonyl (C=S) groups is 1. The van der Waals surface area contributed by atoms with Crippen LogP contribution >= 0.6 is 12.2 Å². The lowest BCUT2D eigenvalue weighted by Crippen LogP contribution is -2.47. The molecule has 1 amide bonds. The number of rotatable bonds is 3. The van der Waals surface area contributed by atoms with E-state index < -0.39 is 22.8 Å². The van der Waals surface area contributed by atoms with Crippen LogP contribution in [0.1, 0.15) is 48.8 Å². The average molecular weight is 502 g/mol. The summed E-state index contributed by atoms with van der Waals surface area (Å²) in [5.74, 6) is 0.307. The third-order valence-corrected chi connectivity index (χ3v) is 7.43. The standard InChI is InChI=1S/C25H22F3N3O3S/c26-25(27,28)20-12-17(5-3-16(20)13-29)30-22(33)24(9-1-2-10-24)31(23(30)35)18-6-8-21-15(11-18)4-7-19(14-32)34-21/h3,5-6,8,11-12,19,32H,1-2,4,7,9-10,14H2. The lowest BCUT2D eigenvalue weighted by atomic mass is 9.94. The number of ether oxygens (including phenoxy) is 1. The highest BCUT2D eigenvalue weighted by Gasteiger charge is 2.57. The van der Waals surface area contributed by atoms with Crippen LogP contribution in [0.4, 0.5) is 24.5 Å². The van der Waals surface area contributed by atoms with Gasteiger partial charge in [-0.1, -0.05) is 12.8 Å². The second-order valence-corrected chi connectivity index (χ2v) is 9.45. The van der Waals surface area contributed by atoms with Gasteiger partial charge in [0.25, 0.3) is 5.91 Å². The smallest absolute Gasteiger partial charge is 0.417 e. The predicted octanol–water partition coefficient (Wildman–Crippen LogP) is 4.71. The molecule has 1 saturated carbocycles. The first-order valence-corrected chi connectivity index (χ1v) is 11.8. The number of nitrogens with zero attached hydrogens (tertiary/aromatic N) is 3. The number of alkyl halides is 3. The minimum atomic E-state index is -4.75. The molecule has 6 nitrogen and oxygen atoms in total. The highest BCUT2D eigenvalue weighted by atomic mass is 32.1. The van der Waals surface area contributed by atoms with Crippen LogP contribution in [-0.2, 0) is 17.4 Å². The number of aliphatic hydroxyl groups is 1. The van der Waals surface area contributed by atoms with E-state index in [2.05, 4.69) is 0 Å². The number of nitriles is 1. The highest BCUT2D eigenvalue weighted by molar-refractivity contribution is 7.81. The zero-order valence-corrected chi connectivity index (χ0v) is 19.5. The second kappa shape index (κ2) is 8.50. The SMILES string of the molecule is N#Cc1ccc(N2C(=O)C3(CCCC3)N(c3ccc4c(c3)CCC(CO)O4)C2=S)cc1C(F)(F)F. The minimum absolute atomic E-state index is 0.00724. The summed E-state index contributed by atoms with van der Waals surface area (Å²) in [7, 11) is 0. The average Bonchev–Trinajstić information content (AvgIpc) is 3.41. The molecule has 1 saturated heterocycles. The first-order valence-electron chi connectivity index (χ1n) is 11.4. The van der Waals surface area contributed by atoms with E-state index in [0.29, 0.717) is 37.1 Å².